The van der Waals surface area contributed by atoms with Crippen molar-refractivity contribution in [3.8, 4) is 17.2 Å². The Balaban J connectivity index is 1.44. The molecule has 0 fully saturated rings. The van der Waals surface area contributed by atoms with E-state index in [1.165, 1.54) is 0 Å². The van der Waals surface area contributed by atoms with Crippen LogP contribution in [0.4, 0.5) is 5.69 Å². The zero-order valence-corrected chi connectivity index (χ0v) is 22.5. The lowest BCUT2D eigenvalue weighted by Crippen LogP contribution is -2.35. The van der Waals surface area contributed by atoms with Crippen LogP contribution in [0.5, 0.6) is 17.2 Å². The Labute approximate surface area is 212 Å². The summed E-state index contributed by atoms with van der Waals surface area (Å²) in [4.78, 5) is 17.0. The first-order valence-corrected chi connectivity index (χ1v) is 12.5. The number of likely N-dealkylation sites (N-methyl/N-ethyl adjacent to an activating group) is 1. The van der Waals surface area contributed by atoms with Gasteiger partial charge in [-0.1, -0.05) is 0 Å². The van der Waals surface area contributed by atoms with Crippen molar-refractivity contribution in [1.29, 1.82) is 0 Å². The number of anilines is 1. The summed E-state index contributed by atoms with van der Waals surface area (Å²) in [7, 11) is 5.31. The standard InChI is InChI=1S/C24H31Br2N3O4/c1-28(9-10-33-18-14-19(25)24(27)20(26)15-18)6-4-7-29-8-5-16-11-21(31-2)22(32-3)12-17(16)13-23(29)30/h11-12,14-15H,4-10,13,27H2,1-3H3. The van der Waals surface area contributed by atoms with Crippen LogP contribution in [-0.4, -0.2) is 69.8 Å². The zero-order chi connectivity index (χ0) is 24.0. The molecule has 0 saturated carbocycles. The van der Waals surface area contributed by atoms with Crippen molar-refractivity contribution in [2.24, 2.45) is 0 Å². The highest BCUT2D eigenvalue weighted by Crippen LogP contribution is 2.33. The summed E-state index contributed by atoms with van der Waals surface area (Å²) in [5.41, 5.74) is 8.75. The quantitative estimate of drug-likeness (QED) is 0.423. The molecule has 0 spiro atoms. The molecule has 1 heterocycles. The van der Waals surface area contributed by atoms with Gasteiger partial charge in [0.2, 0.25) is 5.91 Å². The number of nitrogens with two attached hydrogens (primary N) is 1. The molecule has 0 unspecified atom stereocenters. The molecule has 0 radical (unpaired) electrons. The molecule has 2 aromatic carbocycles. The summed E-state index contributed by atoms with van der Waals surface area (Å²) in [6.45, 7) is 3.70. The molecular formula is C24H31Br2N3O4. The molecule has 9 heteroatoms. The highest BCUT2D eigenvalue weighted by Gasteiger charge is 2.22. The van der Waals surface area contributed by atoms with Gasteiger partial charge in [0, 0.05) is 28.6 Å². The number of nitrogens with zero attached hydrogens (tertiary/aromatic N) is 2. The minimum absolute atomic E-state index is 0.159. The first-order chi connectivity index (χ1) is 15.8. The van der Waals surface area contributed by atoms with E-state index in [0.29, 0.717) is 30.2 Å². The van der Waals surface area contributed by atoms with E-state index in [1.807, 2.05) is 29.2 Å². The average Bonchev–Trinajstić information content (AvgIpc) is 2.94. The Morgan fingerprint density at radius 1 is 1.03 bits per heavy atom. The van der Waals surface area contributed by atoms with Crippen molar-refractivity contribution >= 4 is 43.5 Å². The van der Waals surface area contributed by atoms with Crippen molar-refractivity contribution in [2.75, 3.05) is 59.8 Å². The Morgan fingerprint density at radius 2 is 1.67 bits per heavy atom. The second-order valence-electron chi connectivity index (χ2n) is 8.09. The molecule has 0 aliphatic carbocycles. The van der Waals surface area contributed by atoms with Crippen LogP contribution >= 0.6 is 31.9 Å². The van der Waals surface area contributed by atoms with Gasteiger partial charge in [-0.05, 0) is 93.7 Å². The van der Waals surface area contributed by atoms with Gasteiger partial charge in [0.15, 0.2) is 11.5 Å². The van der Waals surface area contributed by atoms with Gasteiger partial charge in [0.05, 0.1) is 26.3 Å². The highest BCUT2D eigenvalue weighted by molar-refractivity contribution is 9.11. The summed E-state index contributed by atoms with van der Waals surface area (Å²) in [5, 5.41) is 0. The molecule has 7 nitrogen and oxygen atoms in total. The normalized spacial score (nSPS) is 13.6. The van der Waals surface area contributed by atoms with Crippen LogP contribution in [-0.2, 0) is 17.6 Å². The van der Waals surface area contributed by atoms with Gasteiger partial charge < -0.3 is 29.7 Å². The summed E-state index contributed by atoms with van der Waals surface area (Å²) in [5.74, 6) is 2.30. The fourth-order valence-corrected chi connectivity index (χ4v) is 5.00. The third-order valence-electron chi connectivity index (χ3n) is 5.81. The predicted octanol–water partition coefficient (Wildman–Crippen LogP) is 4.14. The van der Waals surface area contributed by atoms with Gasteiger partial charge in [-0.2, -0.15) is 0 Å². The Morgan fingerprint density at radius 3 is 2.30 bits per heavy atom. The molecule has 1 aliphatic rings. The molecule has 3 rings (SSSR count). The van der Waals surface area contributed by atoms with Crippen LogP contribution in [0, 0.1) is 0 Å². The Kier molecular flexibility index (Phi) is 9.28. The third-order valence-corrected chi connectivity index (χ3v) is 7.13. The molecule has 1 aliphatic heterocycles. The van der Waals surface area contributed by atoms with Crippen LogP contribution in [0.2, 0.25) is 0 Å². The number of amides is 1. The van der Waals surface area contributed by atoms with Crippen molar-refractivity contribution in [1.82, 2.24) is 9.80 Å². The van der Waals surface area contributed by atoms with Crippen molar-refractivity contribution in [3.63, 3.8) is 0 Å². The van der Waals surface area contributed by atoms with Gasteiger partial charge >= 0.3 is 0 Å². The monoisotopic (exact) mass is 583 g/mol. The Hall–Kier alpha value is -1.97. The third kappa shape index (κ3) is 6.77. The van der Waals surface area contributed by atoms with E-state index >= 15 is 0 Å². The van der Waals surface area contributed by atoms with Gasteiger partial charge in [-0.3, -0.25) is 4.79 Å². The number of carbonyl (C=O) groups excluding carboxylic acids is 1. The van der Waals surface area contributed by atoms with Gasteiger partial charge in [0.25, 0.3) is 0 Å². The molecule has 2 aromatic rings. The fraction of sp³-hybridized carbons (Fsp3) is 0.458. The van der Waals surface area contributed by atoms with Gasteiger partial charge in [-0.25, -0.2) is 0 Å². The molecule has 33 heavy (non-hydrogen) atoms. The fourth-order valence-electron chi connectivity index (χ4n) is 3.86. The number of methoxy groups -OCH3 is 2. The topological polar surface area (TPSA) is 77.3 Å². The maximum absolute atomic E-state index is 12.8. The summed E-state index contributed by atoms with van der Waals surface area (Å²) < 4.78 is 18.3. The molecule has 0 bridgehead atoms. The van der Waals surface area contributed by atoms with E-state index in [1.54, 1.807) is 14.2 Å². The summed E-state index contributed by atoms with van der Waals surface area (Å²) in [6.07, 6.45) is 2.12. The number of nitrogen functional groups attached to an aromatic ring is 1. The van der Waals surface area contributed by atoms with Crippen LogP contribution < -0.4 is 19.9 Å². The largest absolute Gasteiger partial charge is 0.493 e. The number of rotatable bonds is 10. The second-order valence-corrected chi connectivity index (χ2v) is 9.80. The maximum atomic E-state index is 12.8. The SMILES string of the molecule is COc1cc2c(cc1OC)CC(=O)N(CCCN(C)CCOc1cc(Br)c(N)c(Br)c1)CC2. The molecule has 0 saturated heterocycles. The van der Waals surface area contributed by atoms with E-state index in [-0.39, 0.29) is 5.91 Å². The van der Waals surface area contributed by atoms with Crippen LogP contribution in [0.25, 0.3) is 0 Å². The molecule has 180 valence electrons. The van der Waals surface area contributed by atoms with E-state index in [9.17, 15) is 4.79 Å². The number of ether oxygens (including phenoxy) is 3. The second kappa shape index (κ2) is 11.9. The number of halogens is 2. The van der Waals surface area contributed by atoms with E-state index < -0.39 is 0 Å². The number of carbonyl (C=O) groups is 1. The average molecular weight is 585 g/mol. The molecular weight excluding hydrogens is 554 g/mol. The predicted molar refractivity (Wildman–Crippen MR) is 137 cm³/mol. The minimum atomic E-state index is 0.159. The lowest BCUT2D eigenvalue weighted by Gasteiger charge is -2.23. The van der Waals surface area contributed by atoms with E-state index in [0.717, 1.165) is 64.8 Å². The highest BCUT2D eigenvalue weighted by atomic mass is 79.9. The zero-order valence-electron chi connectivity index (χ0n) is 19.3. The van der Waals surface area contributed by atoms with E-state index in [2.05, 4.69) is 43.8 Å². The summed E-state index contributed by atoms with van der Waals surface area (Å²) in [6, 6.07) is 7.67. The lowest BCUT2D eigenvalue weighted by molar-refractivity contribution is -0.130. The number of hydrogen-bond donors (Lipinski definition) is 1. The van der Waals surface area contributed by atoms with E-state index in [4.69, 9.17) is 19.9 Å². The van der Waals surface area contributed by atoms with Crippen LogP contribution in [0.3, 0.4) is 0 Å². The van der Waals surface area contributed by atoms with Gasteiger partial charge in [0.1, 0.15) is 12.4 Å². The van der Waals surface area contributed by atoms with Crippen LogP contribution in [0.15, 0.2) is 33.2 Å². The minimum Gasteiger partial charge on any atom is -0.493 e. The van der Waals surface area contributed by atoms with Crippen LogP contribution in [0.1, 0.15) is 17.5 Å². The smallest absolute Gasteiger partial charge is 0.227 e. The van der Waals surface area contributed by atoms with Crippen molar-refractivity contribution < 1.29 is 19.0 Å². The molecule has 1 amide bonds. The number of hydrogen-bond acceptors (Lipinski definition) is 6. The number of benzene rings is 2. The van der Waals surface area contributed by atoms with Gasteiger partial charge in [-0.15, -0.1) is 0 Å². The molecule has 0 atom stereocenters. The maximum Gasteiger partial charge on any atom is 0.227 e. The molecule has 0 aromatic heterocycles. The van der Waals surface area contributed by atoms with Crippen molar-refractivity contribution in [3.05, 3.63) is 44.3 Å². The first-order valence-electron chi connectivity index (χ1n) is 10.9. The number of fused-ring (bicyclic) bond motifs is 1. The summed E-state index contributed by atoms with van der Waals surface area (Å²) >= 11 is 6.87. The first kappa shape index (κ1) is 25.6. The Bertz CT molecular complexity index is 963. The molecule has 2 N–H and O–H groups in total. The van der Waals surface area contributed by atoms with Crippen molar-refractivity contribution in [2.45, 2.75) is 19.3 Å². The lowest BCUT2D eigenvalue weighted by atomic mass is 10.0.